The Balaban J connectivity index is 3.04. The zero-order valence-electron chi connectivity index (χ0n) is 4.96. The topological polar surface area (TPSA) is 59.6 Å². The molecule has 0 saturated carbocycles. The van der Waals surface area contributed by atoms with Crippen LogP contribution in [0, 0.1) is 22.7 Å². The maximum atomic E-state index is 8.04. The highest BCUT2D eigenvalue weighted by molar-refractivity contribution is 5.00. The van der Waals surface area contributed by atoms with E-state index in [9.17, 15) is 0 Å². The molecule has 3 nitrogen and oxygen atoms in total. The minimum atomic E-state index is 0.468. The van der Waals surface area contributed by atoms with Crippen molar-refractivity contribution in [1.82, 2.24) is 5.32 Å². The molecule has 0 atom stereocenters. The minimum absolute atomic E-state index is 0.468. The van der Waals surface area contributed by atoms with Gasteiger partial charge in [0.05, 0.1) is 18.6 Å². The van der Waals surface area contributed by atoms with Crippen LogP contribution in [0.25, 0.3) is 0 Å². The van der Waals surface area contributed by atoms with Gasteiger partial charge in [0.15, 0.2) is 0 Å². The van der Waals surface area contributed by atoms with Crippen LogP contribution in [0.3, 0.4) is 0 Å². The molecule has 46 valence electrons. The second-order valence-corrected chi connectivity index (χ2v) is 1.32. The summed E-state index contributed by atoms with van der Waals surface area (Å²) in [5, 5.41) is 18.8. The number of allylic oxidation sites excluding steroid dienone is 1. The Kier molecular flexibility index (Phi) is 5.45. The summed E-state index contributed by atoms with van der Waals surface area (Å²) in [5.41, 5.74) is 0. The average Bonchev–Trinajstić information content (AvgIpc) is 1.89. The summed E-state index contributed by atoms with van der Waals surface area (Å²) in [6.45, 7) is 0.606. The first-order chi connectivity index (χ1) is 4.41. The zero-order valence-corrected chi connectivity index (χ0v) is 4.96. The normalized spacial score (nSPS) is 8.22. The highest BCUT2D eigenvalue weighted by atomic mass is 14.8. The lowest BCUT2D eigenvalue weighted by Gasteiger charge is -1.89. The van der Waals surface area contributed by atoms with E-state index < -0.39 is 0 Å². The number of rotatable bonds is 3. The van der Waals surface area contributed by atoms with Gasteiger partial charge in [0.2, 0.25) is 0 Å². The Morgan fingerprint density at radius 3 is 2.78 bits per heavy atom. The first-order valence-electron chi connectivity index (χ1n) is 2.57. The molecular formula is C6H7N3. The lowest BCUT2D eigenvalue weighted by atomic mass is 10.5. The molecule has 0 spiro atoms. The lowest BCUT2D eigenvalue weighted by Crippen LogP contribution is -2.04. The number of nitrogens with one attached hydrogen (secondary N) is 1. The van der Waals surface area contributed by atoms with E-state index in [0.717, 1.165) is 0 Å². The predicted molar refractivity (Wildman–Crippen MR) is 33.0 cm³/mol. The summed E-state index contributed by atoms with van der Waals surface area (Å²) in [6.07, 6.45) is 3.32. The fourth-order valence-corrected chi connectivity index (χ4v) is 0.308. The Morgan fingerprint density at radius 2 is 2.22 bits per heavy atom. The van der Waals surface area contributed by atoms with Gasteiger partial charge in [0, 0.05) is 18.8 Å². The van der Waals surface area contributed by atoms with E-state index in [1.165, 1.54) is 12.3 Å². The van der Waals surface area contributed by atoms with Crippen molar-refractivity contribution in [3.8, 4) is 12.1 Å². The first kappa shape index (κ1) is 7.52. The molecule has 0 aliphatic heterocycles. The molecule has 0 amide bonds. The highest BCUT2D eigenvalue weighted by Gasteiger charge is 1.75. The van der Waals surface area contributed by atoms with Crippen LogP contribution in [0.15, 0.2) is 12.3 Å². The monoisotopic (exact) mass is 121 g/mol. The first-order valence-corrected chi connectivity index (χ1v) is 2.57. The molecule has 0 unspecified atom stereocenters. The van der Waals surface area contributed by atoms with E-state index in [-0.39, 0.29) is 0 Å². The molecule has 0 aliphatic rings. The SMILES string of the molecule is N#CC=CNCCC#N. The third-order valence-corrected chi connectivity index (χ3v) is 0.657. The van der Waals surface area contributed by atoms with Crippen LogP contribution in [0.5, 0.6) is 0 Å². The molecule has 0 bridgehead atoms. The zero-order chi connectivity index (χ0) is 6.95. The van der Waals surface area contributed by atoms with Crippen LogP contribution >= 0.6 is 0 Å². The largest absolute Gasteiger partial charge is 0.389 e. The van der Waals surface area contributed by atoms with Gasteiger partial charge in [-0.2, -0.15) is 10.5 Å². The van der Waals surface area contributed by atoms with Crippen LogP contribution in [-0.2, 0) is 0 Å². The molecule has 0 radical (unpaired) electrons. The van der Waals surface area contributed by atoms with Crippen molar-refractivity contribution in [3.63, 3.8) is 0 Å². The predicted octanol–water partition coefficient (Wildman–Crippen LogP) is 0.527. The van der Waals surface area contributed by atoms with E-state index in [1.807, 2.05) is 12.1 Å². The maximum absolute atomic E-state index is 8.04. The molecule has 0 fully saturated rings. The second kappa shape index (κ2) is 6.52. The van der Waals surface area contributed by atoms with Gasteiger partial charge < -0.3 is 5.32 Å². The van der Waals surface area contributed by atoms with Crippen molar-refractivity contribution in [3.05, 3.63) is 12.3 Å². The third-order valence-electron chi connectivity index (χ3n) is 0.657. The molecule has 9 heavy (non-hydrogen) atoms. The van der Waals surface area contributed by atoms with Crippen LogP contribution in [0.2, 0.25) is 0 Å². The summed E-state index contributed by atoms with van der Waals surface area (Å²) in [5.74, 6) is 0. The van der Waals surface area contributed by atoms with Crippen molar-refractivity contribution in [2.45, 2.75) is 6.42 Å². The highest BCUT2D eigenvalue weighted by Crippen LogP contribution is 1.69. The van der Waals surface area contributed by atoms with Gasteiger partial charge in [-0.15, -0.1) is 0 Å². The van der Waals surface area contributed by atoms with E-state index in [1.54, 1.807) is 0 Å². The van der Waals surface area contributed by atoms with Crippen LogP contribution in [0.4, 0.5) is 0 Å². The molecule has 0 aromatic carbocycles. The van der Waals surface area contributed by atoms with Crippen LogP contribution < -0.4 is 5.32 Å². The molecule has 0 saturated heterocycles. The number of nitrogens with zero attached hydrogens (tertiary/aromatic N) is 2. The quantitative estimate of drug-likeness (QED) is 0.437. The van der Waals surface area contributed by atoms with E-state index in [4.69, 9.17) is 10.5 Å². The van der Waals surface area contributed by atoms with Crippen molar-refractivity contribution in [2.24, 2.45) is 0 Å². The molecule has 3 heteroatoms. The van der Waals surface area contributed by atoms with Crippen molar-refractivity contribution < 1.29 is 0 Å². The second-order valence-electron chi connectivity index (χ2n) is 1.32. The number of hydrogen-bond acceptors (Lipinski definition) is 3. The van der Waals surface area contributed by atoms with Gasteiger partial charge in [0.25, 0.3) is 0 Å². The Morgan fingerprint density at radius 1 is 1.44 bits per heavy atom. The van der Waals surface area contributed by atoms with Crippen molar-refractivity contribution >= 4 is 0 Å². The fraction of sp³-hybridized carbons (Fsp3) is 0.333. The standard InChI is InChI=1S/C6H7N3/c7-3-1-5-9-6-2-4-8/h1,5,9H,2,6H2. The minimum Gasteiger partial charge on any atom is -0.389 e. The van der Waals surface area contributed by atoms with Crippen molar-refractivity contribution in [2.75, 3.05) is 6.54 Å². The van der Waals surface area contributed by atoms with Crippen LogP contribution in [-0.4, -0.2) is 6.54 Å². The van der Waals surface area contributed by atoms with Gasteiger partial charge in [-0.05, 0) is 0 Å². The molecule has 0 aromatic rings. The maximum Gasteiger partial charge on any atom is 0.0927 e. The Hall–Kier alpha value is -1.48. The van der Waals surface area contributed by atoms with E-state index >= 15 is 0 Å². The summed E-state index contributed by atoms with van der Waals surface area (Å²) in [4.78, 5) is 0. The van der Waals surface area contributed by atoms with Crippen LogP contribution in [0.1, 0.15) is 6.42 Å². The fourth-order valence-electron chi connectivity index (χ4n) is 0.308. The smallest absolute Gasteiger partial charge is 0.0927 e. The number of hydrogen-bond donors (Lipinski definition) is 1. The molecule has 0 aliphatic carbocycles. The summed E-state index contributed by atoms with van der Waals surface area (Å²) < 4.78 is 0. The molecule has 0 rings (SSSR count). The molecule has 1 N–H and O–H groups in total. The summed E-state index contributed by atoms with van der Waals surface area (Å²) in [7, 11) is 0. The Labute approximate surface area is 54.2 Å². The van der Waals surface area contributed by atoms with Gasteiger partial charge in [-0.25, -0.2) is 0 Å². The summed E-state index contributed by atoms with van der Waals surface area (Å²) >= 11 is 0. The third kappa shape index (κ3) is 6.52. The molecule has 0 heterocycles. The lowest BCUT2D eigenvalue weighted by molar-refractivity contribution is 0.859. The molecule has 0 aromatic heterocycles. The van der Waals surface area contributed by atoms with Gasteiger partial charge in [-0.3, -0.25) is 0 Å². The Bertz CT molecular complexity index is 158. The van der Waals surface area contributed by atoms with Gasteiger partial charge in [-0.1, -0.05) is 0 Å². The van der Waals surface area contributed by atoms with E-state index in [0.29, 0.717) is 13.0 Å². The van der Waals surface area contributed by atoms with E-state index in [2.05, 4.69) is 5.32 Å². The van der Waals surface area contributed by atoms with Crippen molar-refractivity contribution in [1.29, 1.82) is 10.5 Å². The van der Waals surface area contributed by atoms with Gasteiger partial charge >= 0.3 is 0 Å². The average molecular weight is 121 g/mol. The summed E-state index contributed by atoms with van der Waals surface area (Å²) in [6, 6.07) is 3.78. The molecular weight excluding hydrogens is 114 g/mol. The van der Waals surface area contributed by atoms with Gasteiger partial charge in [0.1, 0.15) is 0 Å². The number of nitriles is 2.